The van der Waals surface area contributed by atoms with E-state index in [4.69, 9.17) is 24.5 Å². The third-order valence-electron chi connectivity index (χ3n) is 6.31. The van der Waals surface area contributed by atoms with E-state index >= 15 is 0 Å². The molecule has 2 aliphatic heterocycles. The number of nitrogens with zero attached hydrogens (tertiary/aromatic N) is 3. The Kier molecular flexibility index (Phi) is 11.5. The summed E-state index contributed by atoms with van der Waals surface area (Å²) in [5, 5.41) is 14.2. The minimum absolute atomic E-state index is 0.269. The number of carboxylic acid groups (broad SMARTS) is 2. The second-order valence-electron chi connectivity index (χ2n) is 9.18. The van der Waals surface area contributed by atoms with Gasteiger partial charge in [0.05, 0.1) is 19.3 Å². The fraction of sp³-hybridized carbons (Fsp3) is 0.462. The summed E-state index contributed by atoms with van der Waals surface area (Å²) < 4.78 is 68.7. The number of fused-ring (bicyclic) bond motifs is 1. The van der Waals surface area contributed by atoms with Crippen LogP contribution in [0.2, 0.25) is 0 Å². The maximum absolute atomic E-state index is 12.6. The number of piperidine rings is 1. The normalized spacial score (nSPS) is 18.8. The van der Waals surface area contributed by atoms with Gasteiger partial charge in [-0.25, -0.2) is 9.59 Å². The SMILES string of the molecule is COc1ccc(CN2CC[C@@H]3[C@H]2CCC(=O)N3Cc2cccc(C)n2)cc1.O=C(O)C(F)(F)F.O=C(O)C(F)(F)F. The number of rotatable bonds is 5. The van der Waals surface area contributed by atoms with Crippen molar-refractivity contribution in [3.8, 4) is 5.75 Å². The number of pyridine rings is 1. The number of methoxy groups -OCH3 is 1. The highest BCUT2D eigenvalue weighted by Crippen LogP contribution is 2.33. The smallest absolute Gasteiger partial charge is 0.490 e. The van der Waals surface area contributed by atoms with Gasteiger partial charge in [-0.1, -0.05) is 18.2 Å². The van der Waals surface area contributed by atoms with Crippen LogP contribution in [0.4, 0.5) is 26.3 Å². The number of aliphatic carboxylic acids is 2. The lowest BCUT2D eigenvalue weighted by Gasteiger charge is -2.39. The largest absolute Gasteiger partial charge is 0.497 e. The number of benzene rings is 1. The molecule has 2 aromatic rings. The fourth-order valence-electron chi connectivity index (χ4n) is 4.47. The molecule has 41 heavy (non-hydrogen) atoms. The number of hydrogen-bond acceptors (Lipinski definition) is 6. The molecular formula is C26H29F6N3O6. The minimum atomic E-state index is -5.08. The molecule has 1 amide bonds. The first-order valence-electron chi connectivity index (χ1n) is 12.2. The zero-order valence-corrected chi connectivity index (χ0v) is 22.1. The number of ether oxygens (including phenoxy) is 1. The fourth-order valence-corrected chi connectivity index (χ4v) is 4.47. The highest BCUT2D eigenvalue weighted by atomic mass is 19.4. The van der Waals surface area contributed by atoms with Crippen LogP contribution in [0, 0.1) is 6.92 Å². The van der Waals surface area contributed by atoms with Gasteiger partial charge in [0.2, 0.25) is 5.91 Å². The van der Waals surface area contributed by atoms with Crippen LogP contribution >= 0.6 is 0 Å². The van der Waals surface area contributed by atoms with Crippen LogP contribution in [-0.2, 0) is 27.5 Å². The van der Waals surface area contributed by atoms with Gasteiger partial charge in [0.25, 0.3) is 0 Å². The molecule has 1 aromatic heterocycles. The van der Waals surface area contributed by atoms with Crippen molar-refractivity contribution in [1.82, 2.24) is 14.8 Å². The number of aromatic nitrogens is 1. The number of carbonyl (C=O) groups is 3. The van der Waals surface area contributed by atoms with E-state index in [0.717, 1.165) is 43.1 Å². The van der Waals surface area contributed by atoms with Gasteiger partial charge in [-0.15, -0.1) is 0 Å². The van der Waals surface area contributed by atoms with Gasteiger partial charge in [-0.05, 0) is 49.6 Å². The van der Waals surface area contributed by atoms with Crippen molar-refractivity contribution in [2.75, 3.05) is 13.7 Å². The highest BCUT2D eigenvalue weighted by molar-refractivity contribution is 5.77. The lowest BCUT2D eigenvalue weighted by Crippen LogP contribution is -2.51. The summed E-state index contributed by atoms with van der Waals surface area (Å²) in [5.74, 6) is -4.36. The summed E-state index contributed by atoms with van der Waals surface area (Å²) in [6.07, 6.45) is -7.54. The Labute approximate surface area is 231 Å². The first-order valence-corrected chi connectivity index (χ1v) is 12.2. The Morgan fingerprint density at radius 2 is 1.49 bits per heavy atom. The van der Waals surface area contributed by atoms with E-state index in [2.05, 4.69) is 26.9 Å². The number of likely N-dealkylation sites (tertiary alicyclic amines) is 2. The molecule has 0 spiro atoms. The molecule has 2 N–H and O–H groups in total. The zero-order chi connectivity index (χ0) is 31.0. The number of halogens is 6. The first kappa shape index (κ1) is 33.3. The highest BCUT2D eigenvalue weighted by Gasteiger charge is 2.43. The molecule has 15 heteroatoms. The van der Waals surface area contributed by atoms with Crippen LogP contribution in [0.3, 0.4) is 0 Å². The quantitative estimate of drug-likeness (QED) is 0.489. The van der Waals surface area contributed by atoms with Gasteiger partial charge in [0.15, 0.2) is 0 Å². The Balaban J connectivity index is 0.000000349. The van der Waals surface area contributed by atoms with Gasteiger partial charge in [-0.2, -0.15) is 26.3 Å². The monoisotopic (exact) mass is 593 g/mol. The lowest BCUT2D eigenvalue weighted by molar-refractivity contribution is -0.193. The minimum Gasteiger partial charge on any atom is -0.497 e. The van der Waals surface area contributed by atoms with Crippen molar-refractivity contribution in [2.45, 2.75) is 63.7 Å². The molecular weight excluding hydrogens is 564 g/mol. The molecule has 9 nitrogen and oxygen atoms in total. The topological polar surface area (TPSA) is 120 Å². The summed E-state index contributed by atoms with van der Waals surface area (Å²) in [6.45, 7) is 4.58. The van der Waals surface area contributed by atoms with Gasteiger partial charge < -0.3 is 19.8 Å². The van der Waals surface area contributed by atoms with Gasteiger partial charge in [-0.3, -0.25) is 14.7 Å². The van der Waals surface area contributed by atoms with Crippen molar-refractivity contribution >= 4 is 17.8 Å². The van der Waals surface area contributed by atoms with Gasteiger partial charge >= 0.3 is 24.3 Å². The predicted molar refractivity (Wildman–Crippen MR) is 132 cm³/mol. The molecule has 1 aromatic carbocycles. The Morgan fingerprint density at radius 1 is 0.927 bits per heavy atom. The molecule has 2 saturated heterocycles. The van der Waals surface area contributed by atoms with Crippen LogP contribution in [0.15, 0.2) is 42.5 Å². The van der Waals surface area contributed by atoms with Crippen LogP contribution in [0.25, 0.3) is 0 Å². The van der Waals surface area contributed by atoms with E-state index in [9.17, 15) is 31.1 Å². The number of carbonyl (C=O) groups excluding carboxylic acids is 1. The standard InChI is InChI=1S/C22H27N3O2.2C2HF3O2/c1-16-4-3-5-18(23-16)15-25-21-12-13-24(20(21)10-11-22(25)26)14-17-6-8-19(27-2)9-7-17;2*3-2(4,5)1(6)7/h3-9,20-21H,10-15H2,1-2H3;2*(H,6,7)/t20-,21-;;/m1../s1. The molecule has 0 bridgehead atoms. The molecule has 2 atom stereocenters. The maximum atomic E-state index is 12.6. The average Bonchev–Trinajstić information content (AvgIpc) is 3.28. The molecule has 226 valence electrons. The van der Waals surface area contributed by atoms with Crippen molar-refractivity contribution in [1.29, 1.82) is 0 Å². The third kappa shape index (κ3) is 10.2. The van der Waals surface area contributed by atoms with E-state index in [-0.39, 0.29) is 5.91 Å². The van der Waals surface area contributed by atoms with Gasteiger partial charge in [0, 0.05) is 37.3 Å². The molecule has 0 radical (unpaired) electrons. The summed E-state index contributed by atoms with van der Waals surface area (Å²) in [6, 6.07) is 15.1. The molecule has 2 aliphatic rings. The van der Waals surface area contributed by atoms with E-state index in [1.165, 1.54) is 5.56 Å². The molecule has 4 rings (SSSR count). The van der Waals surface area contributed by atoms with Crippen molar-refractivity contribution in [3.05, 3.63) is 59.4 Å². The second-order valence-corrected chi connectivity index (χ2v) is 9.18. The summed E-state index contributed by atoms with van der Waals surface area (Å²) in [7, 11) is 1.69. The summed E-state index contributed by atoms with van der Waals surface area (Å²) >= 11 is 0. The predicted octanol–water partition coefficient (Wildman–Crippen LogP) is 4.43. The van der Waals surface area contributed by atoms with Crippen LogP contribution < -0.4 is 4.74 Å². The summed E-state index contributed by atoms with van der Waals surface area (Å²) in [5.41, 5.74) is 3.28. The van der Waals surface area contributed by atoms with Crippen LogP contribution in [0.5, 0.6) is 5.75 Å². The first-order chi connectivity index (χ1) is 19.0. The Hall–Kier alpha value is -3.88. The third-order valence-corrected chi connectivity index (χ3v) is 6.31. The molecule has 0 saturated carbocycles. The lowest BCUT2D eigenvalue weighted by atomic mass is 9.95. The summed E-state index contributed by atoms with van der Waals surface area (Å²) in [4.78, 5) is 39.6. The number of alkyl halides is 6. The van der Waals surface area contributed by atoms with Crippen LogP contribution in [0.1, 0.15) is 36.2 Å². The number of amides is 1. The van der Waals surface area contributed by atoms with Crippen molar-refractivity contribution in [2.24, 2.45) is 0 Å². The molecule has 0 unspecified atom stereocenters. The number of aryl methyl sites for hydroxylation is 1. The number of carboxylic acids is 2. The van der Waals surface area contributed by atoms with Crippen molar-refractivity contribution in [3.63, 3.8) is 0 Å². The molecule has 3 heterocycles. The van der Waals surface area contributed by atoms with E-state index in [0.29, 0.717) is 25.0 Å². The van der Waals surface area contributed by atoms with E-state index in [1.807, 2.05) is 37.3 Å². The van der Waals surface area contributed by atoms with E-state index in [1.54, 1.807) is 7.11 Å². The molecule has 0 aliphatic carbocycles. The Bertz CT molecular complexity index is 1170. The second kappa shape index (κ2) is 14.1. The Morgan fingerprint density at radius 3 is 1.98 bits per heavy atom. The maximum Gasteiger partial charge on any atom is 0.490 e. The number of hydrogen-bond donors (Lipinski definition) is 2. The van der Waals surface area contributed by atoms with Crippen LogP contribution in [-0.4, -0.2) is 80.9 Å². The van der Waals surface area contributed by atoms with Gasteiger partial charge in [0.1, 0.15) is 5.75 Å². The zero-order valence-electron chi connectivity index (χ0n) is 22.1. The molecule has 2 fully saturated rings. The van der Waals surface area contributed by atoms with Crippen molar-refractivity contribution < 1.29 is 55.7 Å². The van der Waals surface area contributed by atoms with E-state index < -0.39 is 24.3 Å². The average molecular weight is 594 g/mol.